The number of hydrogen-bond acceptors (Lipinski definition) is 6. The highest BCUT2D eigenvalue weighted by molar-refractivity contribution is 5.71. The Bertz CT molecular complexity index is 1230. The monoisotopic (exact) mass is 907 g/mol. The Morgan fingerprint density at radius 2 is 0.569 bits per heavy atom. The molecule has 0 aromatic rings. The van der Waals surface area contributed by atoms with Gasteiger partial charge in [0.2, 0.25) is 0 Å². The molecule has 0 fully saturated rings. The molecule has 0 rings (SSSR count). The Labute approximate surface area is 402 Å². The second-order valence-electron chi connectivity index (χ2n) is 18.2. The zero-order valence-electron chi connectivity index (χ0n) is 42.7. The molecule has 0 aromatic heterocycles. The molecule has 374 valence electrons. The summed E-state index contributed by atoms with van der Waals surface area (Å²) in [7, 11) is 0. The van der Waals surface area contributed by atoms with Crippen molar-refractivity contribution >= 4 is 17.9 Å². The van der Waals surface area contributed by atoms with Gasteiger partial charge in [0.05, 0.1) is 0 Å². The molecule has 0 aliphatic carbocycles. The van der Waals surface area contributed by atoms with Crippen LogP contribution in [0.1, 0.15) is 265 Å². The molecule has 0 bridgehead atoms. The Balaban J connectivity index is 4.46. The van der Waals surface area contributed by atoms with E-state index >= 15 is 0 Å². The Morgan fingerprint density at radius 1 is 0.308 bits per heavy atom. The summed E-state index contributed by atoms with van der Waals surface area (Å²) in [5.41, 5.74) is 0. The molecule has 0 heterocycles. The van der Waals surface area contributed by atoms with Gasteiger partial charge in [-0.15, -0.1) is 0 Å². The fourth-order valence-electron chi connectivity index (χ4n) is 7.55. The topological polar surface area (TPSA) is 78.9 Å². The number of allylic oxidation sites excluding steroid dienone is 12. The third-order valence-electron chi connectivity index (χ3n) is 11.7. The van der Waals surface area contributed by atoms with Gasteiger partial charge in [-0.1, -0.05) is 222 Å². The molecule has 65 heavy (non-hydrogen) atoms. The van der Waals surface area contributed by atoms with Gasteiger partial charge in [0.15, 0.2) is 6.10 Å². The zero-order valence-corrected chi connectivity index (χ0v) is 42.7. The van der Waals surface area contributed by atoms with E-state index in [1.807, 2.05) is 0 Å². The van der Waals surface area contributed by atoms with E-state index in [2.05, 4.69) is 93.7 Å². The van der Waals surface area contributed by atoms with E-state index in [0.717, 1.165) is 109 Å². The van der Waals surface area contributed by atoms with Gasteiger partial charge >= 0.3 is 17.9 Å². The van der Waals surface area contributed by atoms with Crippen LogP contribution in [0.15, 0.2) is 72.9 Å². The number of esters is 3. The number of unbranched alkanes of at least 4 members (excludes halogenated alkanes) is 29. The molecule has 0 aromatic carbocycles. The number of hydrogen-bond donors (Lipinski definition) is 0. The second-order valence-corrected chi connectivity index (χ2v) is 18.2. The normalized spacial score (nSPS) is 12.6. The first kappa shape index (κ1) is 61.9. The number of rotatable bonds is 49. The molecule has 6 nitrogen and oxygen atoms in total. The molecule has 1 atom stereocenters. The van der Waals surface area contributed by atoms with Crippen molar-refractivity contribution in [2.24, 2.45) is 0 Å². The molecular formula is C59H102O6. The van der Waals surface area contributed by atoms with Crippen molar-refractivity contribution < 1.29 is 28.6 Å². The van der Waals surface area contributed by atoms with Crippen LogP contribution in [0.4, 0.5) is 0 Å². The largest absolute Gasteiger partial charge is 0.462 e. The van der Waals surface area contributed by atoms with E-state index in [1.165, 1.54) is 116 Å². The van der Waals surface area contributed by atoms with Crippen molar-refractivity contribution in [3.05, 3.63) is 72.9 Å². The number of carbonyl (C=O) groups excluding carboxylic acids is 3. The SMILES string of the molecule is CCCCC/C=C\C=C/CCCCCCCCC(=O)OC(COC(=O)CCCCC/C=C\CCCCCCCCC)COC(=O)CCCCCCC\C=C/C=C\C=C/CCCCCCC. The van der Waals surface area contributed by atoms with Crippen molar-refractivity contribution in [2.75, 3.05) is 13.2 Å². The quantitative estimate of drug-likeness (QED) is 0.0199. The minimum absolute atomic E-state index is 0.0948. The van der Waals surface area contributed by atoms with Gasteiger partial charge in [-0.05, 0) is 96.3 Å². The predicted octanol–water partition coefficient (Wildman–Crippen LogP) is 18.2. The average Bonchev–Trinajstić information content (AvgIpc) is 3.30. The minimum Gasteiger partial charge on any atom is -0.462 e. The predicted molar refractivity (Wildman–Crippen MR) is 279 cm³/mol. The first-order valence-corrected chi connectivity index (χ1v) is 27.5. The molecule has 6 heteroatoms. The molecule has 1 unspecified atom stereocenters. The summed E-state index contributed by atoms with van der Waals surface area (Å²) < 4.78 is 16.8. The summed E-state index contributed by atoms with van der Waals surface area (Å²) in [6.45, 7) is 6.56. The number of ether oxygens (including phenoxy) is 3. The Hall–Kier alpha value is -3.15. The lowest BCUT2D eigenvalue weighted by Crippen LogP contribution is -2.30. The van der Waals surface area contributed by atoms with Gasteiger partial charge in [0.1, 0.15) is 13.2 Å². The highest BCUT2D eigenvalue weighted by Crippen LogP contribution is 2.14. The fraction of sp³-hybridized carbons (Fsp3) is 0.746. The fourth-order valence-corrected chi connectivity index (χ4v) is 7.55. The first-order valence-electron chi connectivity index (χ1n) is 27.5. The van der Waals surface area contributed by atoms with E-state index in [9.17, 15) is 14.4 Å². The van der Waals surface area contributed by atoms with E-state index < -0.39 is 6.10 Å². The van der Waals surface area contributed by atoms with E-state index in [0.29, 0.717) is 19.3 Å². The van der Waals surface area contributed by atoms with Gasteiger partial charge in [-0.2, -0.15) is 0 Å². The lowest BCUT2D eigenvalue weighted by atomic mass is 10.1. The summed E-state index contributed by atoms with van der Waals surface area (Å²) in [4.78, 5) is 38.1. The maximum absolute atomic E-state index is 12.8. The standard InChI is InChI=1S/C59H102O6/c1-4-7-10-13-16-19-22-25-28-29-30-32-34-37-40-43-46-49-52-58(61)64-55-56(54-63-57(60)51-48-45-42-39-36-33-27-24-21-18-15-12-9-6-3)65-59(62)53-50-47-44-41-38-35-31-26-23-20-17-14-11-8-5-2/h17,20,22-23,25-26,28-30,32-33,36,56H,4-16,18-19,21,24,27,31,34-35,37-55H2,1-3H3/b20-17-,25-22-,26-23-,29-28-,32-30-,36-33-. The van der Waals surface area contributed by atoms with Crippen LogP contribution in [-0.2, 0) is 28.6 Å². The van der Waals surface area contributed by atoms with Gasteiger partial charge < -0.3 is 14.2 Å². The van der Waals surface area contributed by atoms with Crippen LogP contribution in [0.3, 0.4) is 0 Å². The maximum atomic E-state index is 12.8. The van der Waals surface area contributed by atoms with Gasteiger partial charge in [-0.3, -0.25) is 14.4 Å². The van der Waals surface area contributed by atoms with Crippen LogP contribution < -0.4 is 0 Å². The summed E-state index contributed by atoms with van der Waals surface area (Å²) in [6, 6.07) is 0. The summed E-state index contributed by atoms with van der Waals surface area (Å²) in [5, 5.41) is 0. The highest BCUT2D eigenvalue weighted by Gasteiger charge is 2.19. The molecule has 0 aliphatic heterocycles. The third-order valence-corrected chi connectivity index (χ3v) is 11.7. The van der Waals surface area contributed by atoms with Crippen LogP contribution >= 0.6 is 0 Å². The lowest BCUT2D eigenvalue weighted by molar-refractivity contribution is -0.167. The first-order chi connectivity index (χ1) is 32.0. The highest BCUT2D eigenvalue weighted by atomic mass is 16.6. The Morgan fingerprint density at radius 3 is 0.954 bits per heavy atom. The maximum Gasteiger partial charge on any atom is 0.306 e. The van der Waals surface area contributed by atoms with Crippen LogP contribution in [0.2, 0.25) is 0 Å². The van der Waals surface area contributed by atoms with Crippen molar-refractivity contribution in [2.45, 2.75) is 271 Å². The van der Waals surface area contributed by atoms with Gasteiger partial charge in [0.25, 0.3) is 0 Å². The molecule has 0 N–H and O–H groups in total. The van der Waals surface area contributed by atoms with E-state index in [4.69, 9.17) is 14.2 Å². The average molecular weight is 907 g/mol. The van der Waals surface area contributed by atoms with Gasteiger partial charge in [-0.25, -0.2) is 0 Å². The lowest BCUT2D eigenvalue weighted by Gasteiger charge is -2.18. The molecule has 0 amide bonds. The Kier molecular flexibility index (Phi) is 50.9. The second kappa shape index (κ2) is 53.5. The smallest absolute Gasteiger partial charge is 0.306 e. The molecular weight excluding hydrogens is 805 g/mol. The molecule has 0 aliphatic rings. The van der Waals surface area contributed by atoms with Crippen molar-refractivity contribution in [1.82, 2.24) is 0 Å². The number of carbonyl (C=O) groups is 3. The van der Waals surface area contributed by atoms with Crippen molar-refractivity contribution in [3.8, 4) is 0 Å². The van der Waals surface area contributed by atoms with Gasteiger partial charge in [0, 0.05) is 19.3 Å². The van der Waals surface area contributed by atoms with E-state index in [-0.39, 0.29) is 31.1 Å². The summed E-state index contributed by atoms with van der Waals surface area (Å²) in [5.74, 6) is -0.936. The summed E-state index contributed by atoms with van der Waals surface area (Å²) >= 11 is 0. The molecule has 0 spiro atoms. The van der Waals surface area contributed by atoms with Crippen LogP contribution in [0.25, 0.3) is 0 Å². The molecule has 0 saturated carbocycles. The van der Waals surface area contributed by atoms with Crippen LogP contribution in [0, 0.1) is 0 Å². The van der Waals surface area contributed by atoms with E-state index in [1.54, 1.807) is 0 Å². The van der Waals surface area contributed by atoms with Crippen LogP contribution in [0.5, 0.6) is 0 Å². The third kappa shape index (κ3) is 51.7. The van der Waals surface area contributed by atoms with Crippen LogP contribution in [-0.4, -0.2) is 37.2 Å². The van der Waals surface area contributed by atoms with Crippen molar-refractivity contribution in [3.63, 3.8) is 0 Å². The minimum atomic E-state index is -0.796. The summed E-state index contributed by atoms with van der Waals surface area (Å²) in [6.07, 6.45) is 67.4. The molecule has 0 saturated heterocycles. The zero-order chi connectivity index (χ0) is 47.2. The van der Waals surface area contributed by atoms with Crippen molar-refractivity contribution in [1.29, 1.82) is 0 Å². The molecule has 0 radical (unpaired) electrons.